The third-order valence-corrected chi connectivity index (χ3v) is 4.47. The van der Waals surface area contributed by atoms with Crippen LogP contribution in [-0.2, 0) is 9.47 Å². The van der Waals surface area contributed by atoms with Gasteiger partial charge < -0.3 is 9.47 Å². The number of morpholine rings is 1. The summed E-state index contributed by atoms with van der Waals surface area (Å²) in [5.74, 6) is -0.250. The standard InChI is InChI=1S/C17H23NO3/c1-17(2,18-10-14-8-9-15(11-18)21-14)12-20-16(19)13-6-4-3-5-7-13/h3-7,14-15H,8-12H2,1-2H3/t14-,15-/m1/s1. The van der Waals surface area contributed by atoms with Crippen LogP contribution in [0.1, 0.15) is 37.0 Å². The Balaban J connectivity index is 1.57. The molecule has 2 bridgehead atoms. The molecule has 21 heavy (non-hydrogen) atoms. The second-order valence-corrected chi connectivity index (χ2v) is 6.62. The minimum Gasteiger partial charge on any atom is -0.460 e. The van der Waals surface area contributed by atoms with Crippen LogP contribution < -0.4 is 0 Å². The average Bonchev–Trinajstić information content (AvgIpc) is 2.84. The summed E-state index contributed by atoms with van der Waals surface area (Å²) in [6, 6.07) is 9.15. The molecule has 0 radical (unpaired) electrons. The van der Waals surface area contributed by atoms with Crippen molar-refractivity contribution in [2.75, 3.05) is 19.7 Å². The highest BCUT2D eigenvalue weighted by atomic mass is 16.5. The maximum absolute atomic E-state index is 12.0. The Morgan fingerprint density at radius 2 is 1.86 bits per heavy atom. The van der Waals surface area contributed by atoms with E-state index in [2.05, 4.69) is 18.7 Å². The molecule has 0 spiro atoms. The molecule has 4 nitrogen and oxygen atoms in total. The molecule has 114 valence electrons. The van der Waals surface area contributed by atoms with E-state index in [9.17, 15) is 4.79 Å². The predicted octanol–water partition coefficient (Wildman–Crippen LogP) is 2.49. The van der Waals surface area contributed by atoms with Crippen molar-refractivity contribution in [2.45, 2.75) is 44.4 Å². The molecule has 0 aliphatic carbocycles. The van der Waals surface area contributed by atoms with Gasteiger partial charge in [-0.05, 0) is 38.8 Å². The molecule has 3 rings (SSSR count). The lowest BCUT2D eigenvalue weighted by Gasteiger charge is -2.42. The van der Waals surface area contributed by atoms with Crippen LogP contribution in [0.4, 0.5) is 0 Å². The van der Waals surface area contributed by atoms with Crippen molar-refractivity contribution < 1.29 is 14.3 Å². The lowest BCUT2D eigenvalue weighted by atomic mass is 10.0. The summed E-state index contributed by atoms with van der Waals surface area (Å²) in [6.07, 6.45) is 3.02. The van der Waals surface area contributed by atoms with E-state index in [1.807, 2.05) is 18.2 Å². The maximum atomic E-state index is 12.0. The number of ether oxygens (including phenoxy) is 2. The normalized spacial score (nSPS) is 25.8. The molecule has 2 atom stereocenters. The van der Waals surface area contributed by atoms with Crippen LogP contribution >= 0.6 is 0 Å². The van der Waals surface area contributed by atoms with Gasteiger partial charge in [-0.25, -0.2) is 4.79 Å². The largest absolute Gasteiger partial charge is 0.460 e. The number of fused-ring (bicyclic) bond motifs is 2. The maximum Gasteiger partial charge on any atom is 0.338 e. The minimum atomic E-state index is -0.250. The summed E-state index contributed by atoms with van der Waals surface area (Å²) in [5, 5.41) is 0. The van der Waals surface area contributed by atoms with Crippen molar-refractivity contribution in [2.24, 2.45) is 0 Å². The molecule has 4 heteroatoms. The average molecular weight is 289 g/mol. The first-order valence-corrected chi connectivity index (χ1v) is 7.67. The summed E-state index contributed by atoms with van der Waals surface area (Å²) < 4.78 is 11.4. The van der Waals surface area contributed by atoms with Crippen LogP contribution in [0.15, 0.2) is 30.3 Å². The van der Waals surface area contributed by atoms with Crippen LogP contribution in [0, 0.1) is 0 Å². The Bertz CT molecular complexity index is 488. The molecule has 0 N–H and O–H groups in total. The summed E-state index contributed by atoms with van der Waals surface area (Å²) in [4.78, 5) is 14.4. The van der Waals surface area contributed by atoms with Crippen molar-refractivity contribution in [1.82, 2.24) is 4.90 Å². The topological polar surface area (TPSA) is 38.8 Å². The summed E-state index contributed by atoms with van der Waals surface area (Å²) in [6.45, 7) is 6.55. The number of rotatable bonds is 4. The molecule has 2 fully saturated rings. The smallest absolute Gasteiger partial charge is 0.338 e. The predicted molar refractivity (Wildman–Crippen MR) is 80.3 cm³/mol. The van der Waals surface area contributed by atoms with Gasteiger partial charge in [0.05, 0.1) is 17.8 Å². The first-order valence-electron chi connectivity index (χ1n) is 7.67. The molecule has 2 aliphatic rings. The van der Waals surface area contributed by atoms with E-state index < -0.39 is 0 Å². The van der Waals surface area contributed by atoms with Gasteiger partial charge in [0, 0.05) is 18.6 Å². The Kier molecular flexibility index (Phi) is 4.00. The lowest BCUT2D eigenvalue weighted by Crippen LogP contribution is -2.55. The highest BCUT2D eigenvalue weighted by molar-refractivity contribution is 5.89. The zero-order valence-corrected chi connectivity index (χ0v) is 12.7. The van der Waals surface area contributed by atoms with Gasteiger partial charge in [0.15, 0.2) is 0 Å². The number of carbonyl (C=O) groups excluding carboxylic acids is 1. The highest BCUT2D eigenvalue weighted by Crippen LogP contribution is 2.30. The first-order chi connectivity index (χ1) is 10.0. The number of esters is 1. The second kappa shape index (κ2) is 5.78. The van der Waals surface area contributed by atoms with Crippen molar-refractivity contribution in [3.05, 3.63) is 35.9 Å². The van der Waals surface area contributed by atoms with Crippen molar-refractivity contribution in [1.29, 1.82) is 0 Å². The molecule has 0 unspecified atom stereocenters. The Labute approximate surface area is 126 Å². The Morgan fingerprint density at radius 3 is 2.48 bits per heavy atom. The lowest BCUT2D eigenvalue weighted by molar-refractivity contribution is -0.0831. The van der Waals surface area contributed by atoms with Crippen molar-refractivity contribution in [3.8, 4) is 0 Å². The van der Waals surface area contributed by atoms with Gasteiger partial charge in [0.25, 0.3) is 0 Å². The van der Waals surface area contributed by atoms with Crippen molar-refractivity contribution >= 4 is 5.97 Å². The minimum absolute atomic E-state index is 0.158. The fourth-order valence-electron chi connectivity index (χ4n) is 3.10. The number of nitrogens with zero attached hydrogens (tertiary/aromatic N) is 1. The zero-order chi connectivity index (χ0) is 14.9. The molecule has 2 heterocycles. The van der Waals surface area contributed by atoms with Gasteiger partial charge in [0.1, 0.15) is 6.61 Å². The van der Waals surface area contributed by atoms with Crippen LogP contribution in [0.2, 0.25) is 0 Å². The molecule has 1 aromatic rings. The van der Waals surface area contributed by atoms with Gasteiger partial charge in [0.2, 0.25) is 0 Å². The van der Waals surface area contributed by atoms with Crippen molar-refractivity contribution in [3.63, 3.8) is 0 Å². The van der Waals surface area contributed by atoms with E-state index in [1.54, 1.807) is 12.1 Å². The molecule has 0 saturated carbocycles. The van der Waals surface area contributed by atoms with E-state index in [-0.39, 0.29) is 11.5 Å². The molecular weight excluding hydrogens is 266 g/mol. The van der Waals surface area contributed by atoms with Gasteiger partial charge in [-0.2, -0.15) is 0 Å². The molecule has 1 aromatic carbocycles. The molecule has 2 aliphatic heterocycles. The van der Waals surface area contributed by atoms with E-state index >= 15 is 0 Å². The number of benzene rings is 1. The quantitative estimate of drug-likeness (QED) is 0.798. The van der Waals surface area contributed by atoms with Crippen LogP contribution in [0.3, 0.4) is 0 Å². The van der Waals surface area contributed by atoms with Crippen LogP contribution in [0.25, 0.3) is 0 Å². The van der Waals surface area contributed by atoms with Crippen LogP contribution in [0.5, 0.6) is 0 Å². The van der Waals surface area contributed by atoms with Crippen LogP contribution in [-0.4, -0.2) is 48.3 Å². The fourth-order valence-corrected chi connectivity index (χ4v) is 3.10. The first kappa shape index (κ1) is 14.5. The molecule has 0 amide bonds. The zero-order valence-electron chi connectivity index (χ0n) is 12.7. The van der Waals surface area contributed by atoms with E-state index in [0.29, 0.717) is 24.4 Å². The molecular formula is C17H23NO3. The van der Waals surface area contributed by atoms with Gasteiger partial charge in [-0.15, -0.1) is 0 Å². The molecule has 0 aromatic heterocycles. The van der Waals surface area contributed by atoms with E-state index in [4.69, 9.17) is 9.47 Å². The summed E-state index contributed by atoms with van der Waals surface area (Å²) in [5.41, 5.74) is 0.449. The fraction of sp³-hybridized carbons (Fsp3) is 0.588. The Morgan fingerprint density at radius 1 is 1.24 bits per heavy atom. The van der Waals surface area contributed by atoms with Gasteiger partial charge in [-0.3, -0.25) is 4.90 Å². The van der Waals surface area contributed by atoms with Gasteiger partial charge in [-0.1, -0.05) is 18.2 Å². The monoisotopic (exact) mass is 289 g/mol. The highest BCUT2D eigenvalue weighted by Gasteiger charge is 2.40. The third-order valence-electron chi connectivity index (χ3n) is 4.47. The van der Waals surface area contributed by atoms with E-state index in [1.165, 1.54) is 0 Å². The summed E-state index contributed by atoms with van der Waals surface area (Å²) in [7, 11) is 0. The molecule has 2 saturated heterocycles. The number of hydrogen-bond donors (Lipinski definition) is 0. The number of carbonyl (C=O) groups is 1. The third kappa shape index (κ3) is 3.27. The Hall–Kier alpha value is -1.39. The van der Waals surface area contributed by atoms with E-state index in [0.717, 1.165) is 25.9 Å². The number of hydrogen-bond acceptors (Lipinski definition) is 4. The summed E-state index contributed by atoms with van der Waals surface area (Å²) >= 11 is 0. The SMILES string of the molecule is CC(C)(COC(=O)c1ccccc1)N1C[C@H]2CC[C@H](C1)O2. The second-order valence-electron chi connectivity index (χ2n) is 6.62. The number of likely N-dealkylation sites (tertiary alicyclic amines) is 1. The van der Waals surface area contributed by atoms with Gasteiger partial charge >= 0.3 is 5.97 Å².